The van der Waals surface area contributed by atoms with Crippen molar-refractivity contribution in [2.45, 2.75) is 51.0 Å². The third-order valence-corrected chi connectivity index (χ3v) is 5.50. The van der Waals surface area contributed by atoms with Gasteiger partial charge < -0.3 is 16.2 Å². The molecule has 24 heavy (non-hydrogen) atoms. The van der Waals surface area contributed by atoms with Gasteiger partial charge in [0.05, 0.1) is 12.5 Å². The zero-order valence-corrected chi connectivity index (χ0v) is 15.9. The Hall–Kier alpha value is -1.15. The van der Waals surface area contributed by atoms with Crippen molar-refractivity contribution in [2.24, 2.45) is 11.1 Å². The Labute approximate surface area is 156 Å². The molecule has 0 unspecified atom stereocenters. The molecule has 0 radical (unpaired) electrons. The molecule has 6 heteroatoms. The fourth-order valence-corrected chi connectivity index (χ4v) is 3.77. The first-order valence-electron chi connectivity index (χ1n) is 8.40. The van der Waals surface area contributed by atoms with Crippen LogP contribution in [-0.2, 0) is 16.0 Å². The molecule has 0 bridgehead atoms. The second-order valence-corrected chi connectivity index (χ2v) is 8.03. The van der Waals surface area contributed by atoms with Gasteiger partial charge in [-0.2, -0.15) is 0 Å². The average molecular weight is 444 g/mol. The molecular weight excluding hydrogens is 419 g/mol. The van der Waals surface area contributed by atoms with E-state index in [4.69, 9.17) is 5.73 Å². The first kappa shape index (κ1) is 19.2. The van der Waals surface area contributed by atoms with E-state index in [9.17, 15) is 14.7 Å². The highest BCUT2D eigenvalue weighted by molar-refractivity contribution is 14.1. The quantitative estimate of drug-likeness (QED) is 0.564. The molecule has 5 nitrogen and oxygen atoms in total. The van der Waals surface area contributed by atoms with Crippen LogP contribution in [-0.4, -0.2) is 29.6 Å². The molecule has 2 rings (SSSR count). The van der Waals surface area contributed by atoms with Gasteiger partial charge in [0.25, 0.3) is 0 Å². The number of carboxylic acid groups (broad SMARTS) is 1. The van der Waals surface area contributed by atoms with Crippen LogP contribution >= 0.6 is 22.6 Å². The minimum absolute atomic E-state index is 0.111. The Morgan fingerprint density at radius 1 is 1.21 bits per heavy atom. The number of carboxylic acids is 1. The fourth-order valence-electron chi connectivity index (χ4n) is 3.41. The van der Waals surface area contributed by atoms with Gasteiger partial charge in [0, 0.05) is 10.1 Å². The van der Waals surface area contributed by atoms with Gasteiger partial charge >= 0.3 is 5.97 Å². The van der Waals surface area contributed by atoms with Gasteiger partial charge in [-0.1, -0.05) is 31.4 Å². The molecule has 1 amide bonds. The van der Waals surface area contributed by atoms with E-state index in [1.54, 1.807) is 0 Å². The number of carbonyl (C=O) groups is 2. The van der Waals surface area contributed by atoms with Crippen LogP contribution in [0.2, 0.25) is 0 Å². The number of hydrogen-bond donors (Lipinski definition) is 3. The van der Waals surface area contributed by atoms with E-state index < -0.39 is 12.0 Å². The molecule has 1 atom stereocenters. The summed E-state index contributed by atoms with van der Waals surface area (Å²) in [5.74, 6) is -1.00. The summed E-state index contributed by atoms with van der Waals surface area (Å²) >= 11 is 2.23. The summed E-state index contributed by atoms with van der Waals surface area (Å²) in [6.45, 7) is 0.401. The number of halogens is 1. The zero-order chi connectivity index (χ0) is 17.6. The minimum atomic E-state index is -0.797. The van der Waals surface area contributed by atoms with Crippen molar-refractivity contribution in [3.63, 3.8) is 0 Å². The normalized spacial score (nSPS) is 17.9. The smallest absolute Gasteiger partial charge is 0.303 e. The lowest BCUT2D eigenvalue weighted by Crippen LogP contribution is -2.47. The van der Waals surface area contributed by atoms with Crippen molar-refractivity contribution < 1.29 is 14.7 Å². The van der Waals surface area contributed by atoms with Gasteiger partial charge in [0.15, 0.2) is 0 Å². The lowest BCUT2D eigenvalue weighted by Gasteiger charge is -2.36. The van der Waals surface area contributed by atoms with Crippen molar-refractivity contribution in [2.75, 3.05) is 6.54 Å². The lowest BCUT2D eigenvalue weighted by molar-refractivity contribution is -0.140. The SMILES string of the molecule is N[C@H](Cc1ccc(I)cc1)C(=O)NCC1(CC(=O)O)CCCCC1. The number of carbonyl (C=O) groups excluding carboxylic acids is 1. The van der Waals surface area contributed by atoms with Crippen LogP contribution in [0.5, 0.6) is 0 Å². The Morgan fingerprint density at radius 2 is 1.83 bits per heavy atom. The monoisotopic (exact) mass is 444 g/mol. The van der Waals surface area contributed by atoms with Crippen LogP contribution in [0.25, 0.3) is 0 Å². The van der Waals surface area contributed by atoms with Gasteiger partial charge in [-0.3, -0.25) is 9.59 Å². The summed E-state index contributed by atoms with van der Waals surface area (Å²) < 4.78 is 1.14. The third kappa shape index (κ3) is 5.73. The zero-order valence-electron chi connectivity index (χ0n) is 13.8. The fraction of sp³-hybridized carbons (Fsp3) is 0.556. The Morgan fingerprint density at radius 3 is 2.42 bits per heavy atom. The Kier molecular flexibility index (Phi) is 7.03. The van der Waals surface area contributed by atoms with E-state index in [1.807, 2.05) is 24.3 Å². The van der Waals surface area contributed by atoms with Crippen LogP contribution in [0.3, 0.4) is 0 Å². The van der Waals surface area contributed by atoms with Crippen LogP contribution in [0.4, 0.5) is 0 Å². The summed E-state index contributed by atoms with van der Waals surface area (Å²) in [6.07, 6.45) is 5.49. The van der Waals surface area contributed by atoms with Crippen molar-refractivity contribution in [3.8, 4) is 0 Å². The maximum absolute atomic E-state index is 12.3. The molecular formula is C18H25IN2O3. The van der Waals surface area contributed by atoms with Crippen molar-refractivity contribution in [3.05, 3.63) is 33.4 Å². The van der Waals surface area contributed by atoms with Crippen LogP contribution < -0.4 is 11.1 Å². The number of nitrogens with two attached hydrogens (primary N) is 1. The lowest BCUT2D eigenvalue weighted by atomic mass is 9.71. The summed E-state index contributed by atoms with van der Waals surface area (Å²) in [4.78, 5) is 23.5. The molecule has 1 aromatic rings. The number of amides is 1. The summed E-state index contributed by atoms with van der Waals surface area (Å²) in [5, 5.41) is 12.1. The van der Waals surface area contributed by atoms with Gasteiger partial charge in [-0.25, -0.2) is 0 Å². The van der Waals surface area contributed by atoms with Crippen molar-refractivity contribution in [1.82, 2.24) is 5.32 Å². The second kappa shape index (κ2) is 8.80. The van der Waals surface area contributed by atoms with E-state index >= 15 is 0 Å². The number of hydrogen-bond acceptors (Lipinski definition) is 3. The molecule has 1 aromatic carbocycles. The van der Waals surface area contributed by atoms with Gasteiger partial charge in [-0.15, -0.1) is 0 Å². The molecule has 0 heterocycles. The first-order chi connectivity index (χ1) is 11.4. The topological polar surface area (TPSA) is 92.4 Å². The van der Waals surface area contributed by atoms with E-state index in [0.717, 1.165) is 41.2 Å². The molecule has 1 aliphatic rings. The Bertz CT molecular complexity index is 568. The number of nitrogens with one attached hydrogen (secondary N) is 1. The minimum Gasteiger partial charge on any atom is -0.481 e. The molecule has 1 saturated carbocycles. The van der Waals surface area contributed by atoms with E-state index in [0.29, 0.717) is 13.0 Å². The molecule has 132 valence electrons. The summed E-state index contributed by atoms with van der Waals surface area (Å²) in [7, 11) is 0. The maximum atomic E-state index is 12.3. The molecule has 1 fully saturated rings. The molecule has 0 saturated heterocycles. The largest absolute Gasteiger partial charge is 0.481 e. The number of benzene rings is 1. The molecule has 0 spiro atoms. The van der Waals surface area contributed by atoms with E-state index in [-0.39, 0.29) is 17.7 Å². The standard InChI is InChI=1S/C18H25IN2O3/c19-14-6-4-13(5-7-14)10-15(20)17(24)21-12-18(11-16(22)23)8-2-1-3-9-18/h4-7,15H,1-3,8-12,20H2,(H,21,24)(H,22,23)/t15-/m1/s1. The highest BCUT2D eigenvalue weighted by Gasteiger charge is 2.35. The third-order valence-electron chi connectivity index (χ3n) is 4.78. The summed E-state index contributed by atoms with van der Waals surface area (Å²) in [6, 6.07) is 7.31. The number of aliphatic carboxylic acids is 1. The second-order valence-electron chi connectivity index (χ2n) is 6.79. The average Bonchev–Trinajstić information content (AvgIpc) is 2.55. The van der Waals surface area contributed by atoms with Crippen LogP contribution in [0.15, 0.2) is 24.3 Å². The van der Waals surface area contributed by atoms with Crippen molar-refractivity contribution >= 4 is 34.5 Å². The highest BCUT2D eigenvalue weighted by Crippen LogP contribution is 2.38. The first-order valence-corrected chi connectivity index (χ1v) is 9.48. The highest BCUT2D eigenvalue weighted by atomic mass is 127. The van der Waals surface area contributed by atoms with Crippen LogP contribution in [0.1, 0.15) is 44.1 Å². The predicted molar refractivity (Wildman–Crippen MR) is 102 cm³/mol. The number of rotatable bonds is 7. The Balaban J connectivity index is 1.89. The van der Waals surface area contributed by atoms with E-state index in [2.05, 4.69) is 27.9 Å². The molecule has 1 aliphatic carbocycles. The molecule has 0 aromatic heterocycles. The van der Waals surface area contributed by atoms with Crippen molar-refractivity contribution in [1.29, 1.82) is 0 Å². The maximum Gasteiger partial charge on any atom is 0.303 e. The predicted octanol–water partition coefficient (Wildman–Crippen LogP) is 2.70. The van der Waals surface area contributed by atoms with Crippen LogP contribution in [0, 0.1) is 8.99 Å². The van der Waals surface area contributed by atoms with E-state index in [1.165, 1.54) is 0 Å². The van der Waals surface area contributed by atoms with Gasteiger partial charge in [-0.05, 0) is 65.0 Å². The molecule has 4 N–H and O–H groups in total. The molecule has 0 aliphatic heterocycles. The van der Waals surface area contributed by atoms with Gasteiger partial charge in [0.2, 0.25) is 5.91 Å². The summed E-state index contributed by atoms with van der Waals surface area (Å²) in [5.41, 5.74) is 6.72. The van der Waals surface area contributed by atoms with Gasteiger partial charge in [0.1, 0.15) is 0 Å².